The van der Waals surface area contributed by atoms with Crippen LogP contribution in [0.15, 0.2) is 36.5 Å². The van der Waals surface area contributed by atoms with Gasteiger partial charge < -0.3 is 50.0 Å². The summed E-state index contributed by atoms with van der Waals surface area (Å²) in [4.78, 5) is 13.0. The molecule has 11 heteroatoms. The normalized spacial score (nSPS) is 46.7. The molecule has 14 atom stereocenters. The molecule has 7 N–H and O–H groups in total. The third-order valence-electron chi connectivity index (χ3n) is 9.50. The van der Waals surface area contributed by atoms with Gasteiger partial charge in [-0.05, 0) is 44.9 Å². The number of esters is 1. The van der Waals surface area contributed by atoms with Gasteiger partial charge in [0.1, 0.15) is 30.5 Å². The van der Waals surface area contributed by atoms with E-state index in [-0.39, 0.29) is 50.0 Å². The van der Waals surface area contributed by atoms with E-state index in [9.17, 15) is 40.5 Å². The van der Waals surface area contributed by atoms with Gasteiger partial charge in [-0.15, -0.1) is 0 Å². The molecule has 0 aromatic rings. The highest BCUT2D eigenvalue weighted by Crippen LogP contribution is 2.39. The number of fused-ring (bicyclic) bond motifs is 3. The summed E-state index contributed by atoms with van der Waals surface area (Å²) >= 11 is 0. The van der Waals surface area contributed by atoms with E-state index in [1.54, 1.807) is 6.92 Å². The fourth-order valence-corrected chi connectivity index (χ4v) is 6.43. The lowest BCUT2D eigenvalue weighted by Gasteiger charge is -2.30. The Morgan fingerprint density at radius 3 is 2.33 bits per heavy atom. The average molecular weight is 641 g/mol. The van der Waals surface area contributed by atoms with Crippen molar-refractivity contribution in [2.45, 2.75) is 152 Å². The van der Waals surface area contributed by atoms with Gasteiger partial charge in [0.05, 0.1) is 36.4 Å². The van der Waals surface area contributed by atoms with E-state index in [1.165, 1.54) is 12.2 Å². The van der Waals surface area contributed by atoms with Crippen LogP contribution in [0.3, 0.4) is 0 Å². The van der Waals surface area contributed by atoms with Gasteiger partial charge in [-0.25, -0.2) is 0 Å². The van der Waals surface area contributed by atoms with Gasteiger partial charge >= 0.3 is 5.97 Å². The van der Waals surface area contributed by atoms with E-state index in [0.717, 1.165) is 19.3 Å². The largest absolute Gasteiger partial charge is 0.458 e. The fourth-order valence-electron chi connectivity index (χ4n) is 6.43. The van der Waals surface area contributed by atoms with Crippen LogP contribution in [-0.4, -0.2) is 109 Å². The maximum atomic E-state index is 13.0. The van der Waals surface area contributed by atoms with Crippen LogP contribution >= 0.6 is 0 Å². The standard InChI is InChI=1S/C34H56O11/c1-5-6-11-27-22(4)32-28(43-27)12-9-7-8-10-13-29(38)34(42)19-21(3)26(45-34)17-16-24(36)30(39)31(40)25(37)18-23(35)15-14-20(2)33(41)44-32/h7-9,12,14-15,20-32,35-40,42H,5-6,10-11,13,16-19H2,1-4H3/b8-7+,12-9+,15-14+. The van der Waals surface area contributed by atoms with Crippen LogP contribution in [0.1, 0.15) is 85.5 Å². The molecule has 3 heterocycles. The highest BCUT2D eigenvalue weighted by molar-refractivity contribution is 5.74. The maximum Gasteiger partial charge on any atom is 0.312 e. The van der Waals surface area contributed by atoms with E-state index < -0.39 is 72.6 Å². The number of aliphatic hydroxyl groups is 7. The van der Waals surface area contributed by atoms with Crippen molar-refractivity contribution in [1.82, 2.24) is 0 Å². The summed E-state index contributed by atoms with van der Waals surface area (Å²) < 4.78 is 18.1. The summed E-state index contributed by atoms with van der Waals surface area (Å²) in [5.41, 5.74) is 0. The second-order valence-corrected chi connectivity index (χ2v) is 13.3. The number of hydrogen-bond donors (Lipinski definition) is 7. The van der Waals surface area contributed by atoms with Crippen molar-refractivity contribution < 1.29 is 54.8 Å². The molecule has 0 aromatic heterocycles. The number of ether oxygens (including phenoxy) is 3. The molecular weight excluding hydrogens is 584 g/mol. The zero-order valence-electron chi connectivity index (χ0n) is 27.1. The molecule has 0 radical (unpaired) electrons. The van der Waals surface area contributed by atoms with Gasteiger partial charge in [0.25, 0.3) is 0 Å². The highest BCUT2D eigenvalue weighted by atomic mass is 16.7. The van der Waals surface area contributed by atoms with Crippen molar-refractivity contribution in [3.8, 4) is 0 Å². The molecule has 0 spiro atoms. The third kappa shape index (κ3) is 10.4. The molecule has 0 amide bonds. The lowest BCUT2D eigenvalue weighted by Crippen LogP contribution is -2.45. The zero-order valence-corrected chi connectivity index (χ0v) is 27.1. The Morgan fingerprint density at radius 1 is 0.911 bits per heavy atom. The lowest BCUT2D eigenvalue weighted by molar-refractivity contribution is -0.248. The molecule has 2 saturated heterocycles. The Labute approximate surface area is 267 Å². The van der Waals surface area contributed by atoms with E-state index >= 15 is 0 Å². The van der Waals surface area contributed by atoms with E-state index in [2.05, 4.69) is 6.92 Å². The lowest BCUT2D eigenvalue weighted by atomic mass is 9.91. The first-order valence-electron chi connectivity index (χ1n) is 16.6. The molecule has 2 bridgehead atoms. The predicted molar refractivity (Wildman–Crippen MR) is 167 cm³/mol. The number of allylic oxidation sites excluding steroid dienone is 3. The number of carbonyl (C=O) groups excluding carboxylic acids is 1. The fraction of sp³-hybridized carbons (Fsp3) is 0.794. The Balaban J connectivity index is 1.79. The van der Waals surface area contributed by atoms with Gasteiger partial charge in [0, 0.05) is 18.8 Å². The van der Waals surface area contributed by atoms with Crippen molar-refractivity contribution in [2.75, 3.05) is 0 Å². The summed E-state index contributed by atoms with van der Waals surface area (Å²) in [7, 11) is 0. The second-order valence-electron chi connectivity index (χ2n) is 13.3. The molecule has 45 heavy (non-hydrogen) atoms. The third-order valence-corrected chi connectivity index (χ3v) is 9.50. The zero-order chi connectivity index (χ0) is 33.3. The molecule has 2 fully saturated rings. The number of rotatable bonds is 3. The van der Waals surface area contributed by atoms with Crippen LogP contribution in [0.5, 0.6) is 0 Å². The summed E-state index contributed by atoms with van der Waals surface area (Å²) in [6.07, 6.45) is 3.48. The van der Waals surface area contributed by atoms with Crippen LogP contribution in [-0.2, 0) is 19.0 Å². The first-order chi connectivity index (χ1) is 21.3. The number of aliphatic hydroxyl groups excluding tert-OH is 6. The summed E-state index contributed by atoms with van der Waals surface area (Å²) in [5, 5.41) is 74.2. The summed E-state index contributed by atoms with van der Waals surface area (Å²) in [5.74, 6) is -3.14. The number of carbonyl (C=O) groups is 1. The van der Waals surface area contributed by atoms with Gasteiger partial charge in [-0.1, -0.05) is 70.1 Å². The van der Waals surface area contributed by atoms with Crippen LogP contribution in [0, 0.1) is 17.8 Å². The van der Waals surface area contributed by atoms with E-state index in [0.29, 0.717) is 6.42 Å². The summed E-state index contributed by atoms with van der Waals surface area (Å²) in [6.45, 7) is 7.61. The topological polar surface area (TPSA) is 186 Å². The van der Waals surface area contributed by atoms with Crippen molar-refractivity contribution in [2.24, 2.45) is 17.8 Å². The van der Waals surface area contributed by atoms with Gasteiger partial charge in [-0.3, -0.25) is 4.79 Å². The van der Waals surface area contributed by atoms with Gasteiger partial charge in [0.15, 0.2) is 5.79 Å². The average Bonchev–Trinajstić information content (AvgIpc) is 3.47. The molecule has 3 aliphatic rings. The van der Waals surface area contributed by atoms with Crippen LogP contribution in [0.25, 0.3) is 0 Å². The monoisotopic (exact) mass is 640 g/mol. The van der Waals surface area contributed by atoms with Crippen molar-refractivity contribution in [3.63, 3.8) is 0 Å². The van der Waals surface area contributed by atoms with Crippen LogP contribution in [0.4, 0.5) is 0 Å². The molecule has 0 aliphatic carbocycles. The first-order valence-corrected chi connectivity index (χ1v) is 16.6. The molecule has 0 saturated carbocycles. The van der Waals surface area contributed by atoms with Crippen molar-refractivity contribution in [3.05, 3.63) is 36.5 Å². The van der Waals surface area contributed by atoms with Crippen LogP contribution < -0.4 is 0 Å². The Hall–Kier alpha value is -1.67. The molecule has 3 rings (SSSR count). The van der Waals surface area contributed by atoms with Gasteiger partial charge in [-0.2, -0.15) is 0 Å². The Kier molecular flexibility index (Phi) is 14.7. The predicted octanol–water partition coefficient (Wildman–Crippen LogP) is 2.04. The molecule has 11 nitrogen and oxygen atoms in total. The minimum absolute atomic E-state index is 0.00690. The van der Waals surface area contributed by atoms with Crippen molar-refractivity contribution in [1.29, 1.82) is 0 Å². The molecule has 258 valence electrons. The molecule has 14 unspecified atom stereocenters. The maximum absolute atomic E-state index is 13.0. The minimum Gasteiger partial charge on any atom is -0.458 e. The Bertz CT molecular complexity index is 1000. The Morgan fingerprint density at radius 2 is 1.62 bits per heavy atom. The summed E-state index contributed by atoms with van der Waals surface area (Å²) in [6, 6.07) is 0. The van der Waals surface area contributed by atoms with E-state index in [1.807, 2.05) is 38.2 Å². The number of unbranched alkanes of at least 4 members (excludes halogenated alkanes) is 1. The molecule has 3 aliphatic heterocycles. The van der Waals surface area contributed by atoms with Crippen molar-refractivity contribution >= 4 is 5.97 Å². The highest BCUT2D eigenvalue weighted by Gasteiger charge is 2.48. The van der Waals surface area contributed by atoms with Gasteiger partial charge in [0.2, 0.25) is 0 Å². The minimum atomic E-state index is -1.75. The molecule has 0 aromatic carbocycles. The second kappa shape index (κ2) is 17.5. The smallest absolute Gasteiger partial charge is 0.312 e. The quantitative estimate of drug-likeness (QED) is 0.177. The van der Waals surface area contributed by atoms with Crippen LogP contribution in [0.2, 0.25) is 0 Å². The first kappa shape index (κ1) is 37.8. The van der Waals surface area contributed by atoms with E-state index in [4.69, 9.17) is 14.2 Å². The SMILES string of the molecule is CCCCC1OC2/C=C/C=C/CCC(O)C3(O)CC(C)C(CCC(O)C(O)C(O)C(O)CC(O)/C=C/C(C)C(=O)OC2C1C)O3. The number of hydrogen-bond acceptors (Lipinski definition) is 11. The molecular formula is C34H56O11.